The molecule has 0 atom stereocenters. The van der Waals surface area contributed by atoms with Gasteiger partial charge in [-0.2, -0.15) is 0 Å². The van der Waals surface area contributed by atoms with E-state index in [9.17, 15) is 14.9 Å². The minimum absolute atomic E-state index is 0.0153. The molecular weight excluding hydrogens is 326 g/mol. The third-order valence-electron chi connectivity index (χ3n) is 3.56. The van der Waals surface area contributed by atoms with Crippen molar-refractivity contribution in [1.29, 1.82) is 0 Å². The standard InChI is InChI=1S/C13H16BrN3O3/c14-11-7-10(17(19)20)5-6-12(11)16-13(18)8-1-3-9(15)4-2-8/h5-9H,1-4,15H2,(H,16,18). The lowest BCUT2D eigenvalue weighted by Gasteiger charge is -2.25. The molecule has 2 rings (SSSR count). The average Bonchev–Trinajstić information content (AvgIpc) is 2.41. The number of non-ortho nitro benzene ring substituents is 1. The van der Waals surface area contributed by atoms with Crippen LogP contribution in [0.15, 0.2) is 22.7 Å². The number of nitro benzene ring substituents is 1. The van der Waals surface area contributed by atoms with Crippen LogP contribution in [0.5, 0.6) is 0 Å². The summed E-state index contributed by atoms with van der Waals surface area (Å²) in [6.07, 6.45) is 3.30. The maximum absolute atomic E-state index is 12.1. The Hall–Kier alpha value is -1.47. The predicted molar refractivity (Wildman–Crippen MR) is 79.4 cm³/mol. The van der Waals surface area contributed by atoms with Crippen molar-refractivity contribution in [1.82, 2.24) is 0 Å². The van der Waals surface area contributed by atoms with Gasteiger partial charge in [0.1, 0.15) is 0 Å². The van der Waals surface area contributed by atoms with Gasteiger partial charge < -0.3 is 11.1 Å². The Balaban J connectivity index is 2.02. The van der Waals surface area contributed by atoms with Crippen molar-refractivity contribution in [3.63, 3.8) is 0 Å². The quantitative estimate of drug-likeness (QED) is 0.652. The van der Waals surface area contributed by atoms with Crippen molar-refractivity contribution >= 4 is 33.2 Å². The van der Waals surface area contributed by atoms with E-state index in [1.165, 1.54) is 18.2 Å². The first-order chi connectivity index (χ1) is 9.47. The largest absolute Gasteiger partial charge is 0.328 e. The van der Waals surface area contributed by atoms with Crippen molar-refractivity contribution < 1.29 is 9.72 Å². The van der Waals surface area contributed by atoms with Crippen molar-refractivity contribution in [3.05, 3.63) is 32.8 Å². The number of hydrogen-bond donors (Lipinski definition) is 2. The molecule has 1 aliphatic rings. The van der Waals surface area contributed by atoms with Gasteiger partial charge in [0, 0.05) is 28.6 Å². The Morgan fingerprint density at radius 2 is 2.00 bits per heavy atom. The molecule has 108 valence electrons. The van der Waals surface area contributed by atoms with Gasteiger partial charge in [0.15, 0.2) is 0 Å². The fourth-order valence-electron chi connectivity index (χ4n) is 2.34. The van der Waals surface area contributed by atoms with Crippen LogP contribution in [0.1, 0.15) is 25.7 Å². The fraction of sp³-hybridized carbons (Fsp3) is 0.462. The molecule has 1 saturated carbocycles. The van der Waals surface area contributed by atoms with Crippen LogP contribution in [0.2, 0.25) is 0 Å². The van der Waals surface area contributed by atoms with Crippen molar-refractivity contribution in [2.24, 2.45) is 11.7 Å². The maximum atomic E-state index is 12.1. The molecule has 0 spiro atoms. The second-order valence-electron chi connectivity index (χ2n) is 5.02. The molecule has 1 aromatic carbocycles. The zero-order chi connectivity index (χ0) is 14.7. The first-order valence-electron chi connectivity index (χ1n) is 6.47. The number of rotatable bonds is 3. The maximum Gasteiger partial charge on any atom is 0.270 e. The van der Waals surface area contributed by atoms with Gasteiger partial charge in [0.2, 0.25) is 5.91 Å². The summed E-state index contributed by atoms with van der Waals surface area (Å²) in [5.74, 6) is -0.0802. The summed E-state index contributed by atoms with van der Waals surface area (Å²) < 4.78 is 0.507. The lowest BCUT2D eigenvalue weighted by molar-refractivity contribution is -0.384. The molecule has 1 aromatic rings. The number of hydrogen-bond acceptors (Lipinski definition) is 4. The van der Waals surface area contributed by atoms with E-state index in [1.54, 1.807) is 0 Å². The van der Waals surface area contributed by atoms with Crippen LogP contribution in [0.25, 0.3) is 0 Å². The Labute approximate surface area is 125 Å². The minimum Gasteiger partial charge on any atom is -0.328 e. The van der Waals surface area contributed by atoms with Gasteiger partial charge >= 0.3 is 0 Å². The van der Waals surface area contributed by atoms with E-state index in [4.69, 9.17) is 5.73 Å². The second kappa shape index (κ2) is 6.32. The monoisotopic (exact) mass is 341 g/mol. The van der Waals surface area contributed by atoms with Gasteiger partial charge in [0.25, 0.3) is 5.69 Å². The SMILES string of the molecule is NC1CCC(C(=O)Nc2ccc([N+](=O)[O-])cc2Br)CC1. The first-order valence-corrected chi connectivity index (χ1v) is 7.27. The van der Waals surface area contributed by atoms with Crippen LogP contribution in [0, 0.1) is 16.0 Å². The zero-order valence-electron chi connectivity index (χ0n) is 10.8. The van der Waals surface area contributed by atoms with Crippen LogP contribution in [0.3, 0.4) is 0 Å². The van der Waals surface area contributed by atoms with Gasteiger partial charge in [-0.1, -0.05) is 0 Å². The van der Waals surface area contributed by atoms with E-state index < -0.39 is 4.92 Å². The molecule has 0 aromatic heterocycles. The molecule has 1 aliphatic carbocycles. The average molecular weight is 342 g/mol. The number of carbonyl (C=O) groups is 1. The van der Waals surface area contributed by atoms with E-state index >= 15 is 0 Å². The van der Waals surface area contributed by atoms with Gasteiger partial charge in [-0.3, -0.25) is 14.9 Å². The van der Waals surface area contributed by atoms with Gasteiger partial charge in [-0.05, 0) is 47.7 Å². The Bertz CT molecular complexity index is 528. The van der Waals surface area contributed by atoms with E-state index in [-0.39, 0.29) is 23.6 Å². The fourth-order valence-corrected chi connectivity index (χ4v) is 2.80. The highest BCUT2D eigenvalue weighted by atomic mass is 79.9. The smallest absolute Gasteiger partial charge is 0.270 e. The van der Waals surface area contributed by atoms with E-state index in [0.717, 1.165) is 25.7 Å². The van der Waals surface area contributed by atoms with Crippen LogP contribution in [-0.4, -0.2) is 16.9 Å². The van der Waals surface area contributed by atoms with E-state index in [0.29, 0.717) is 10.2 Å². The van der Waals surface area contributed by atoms with Crippen LogP contribution in [-0.2, 0) is 4.79 Å². The lowest BCUT2D eigenvalue weighted by atomic mass is 9.86. The second-order valence-corrected chi connectivity index (χ2v) is 5.88. The molecular formula is C13H16BrN3O3. The first kappa shape index (κ1) is 14.9. The normalized spacial score (nSPS) is 22.3. The molecule has 7 heteroatoms. The molecule has 0 heterocycles. The van der Waals surface area contributed by atoms with E-state index in [1.807, 2.05) is 0 Å². The number of anilines is 1. The van der Waals surface area contributed by atoms with Crippen LogP contribution in [0.4, 0.5) is 11.4 Å². The van der Waals surface area contributed by atoms with Gasteiger partial charge in [-0.25, -0.2) is 0 Å². The lowest BCUT2D eigenvalue weighted by Crippen LogP contribution is -2.32. The number of nitrogens with two attached hydrogens (primary N) is 1. The summed E-state index contributed by atoms with van der Waals surface area (Å²) >= 11 is 3.24. The Kier molecular flexibility index (Phi) is 4.72. The molecule has 1 amide bonds. The molecule has 20 heavy (non-hydrogen) atoms. The highest BCUT2D eigenvalue weighted by Crippen LogP contribution is 2.29. The summed E-state index contributed by atoms with van der Waals surface area (Å²) in [6.45, 7) is 0. The molecule has 6 nitrogen and oxygen atoms in total. The van der Waals surface area contributed by atoms with Crippen LogP contribution < -0.4 is 11.1 Å². The molecule has 0 radical (unpaired) electrons. The molecule has 1 fully saturated rings. The Morgan fingerprint density at radius 3 is 2.55 bits per heavy atom. The summed E-state index contributed by atoms with van der Waals surface area (Å²) in [4.78, 5) is 22.3. The molecule has 3 N–H and O–H groups in total. The molecule has 0 bridgehead atoms. The van der Waals surface area contributed by atoms with Crippen molar-refractivity contribution in [2.75, 3.05) is 5.32 Å². The van der Waals surface area contributed by atoms with Gasteiger partial charge in [0.05, 0.1) is 10.6 Å². The summed E-state index contributed by atoms with van der Waals surface area (Å²) in [5, 5.41) is 13.5. The number of benzene rings is 1. The number of nitrogens with zero attached hydrogens (tertiary/aromatic N) is 1. The zero-order valence-corrected chi connectivity index (χ0v) is 12.4. The number of nitrogens with one attached hydrogen (secondary N) is 1. The highest BCUT2D eigenvalue weighted by molar-refractivity contribution is 9.10. The van der Waals surface area contributed by atoms with E-state index in [2.05, 4.69) is 21.2 Å². The molecule has 0 saturated heterocycles. The Morgan fingerprint density at radius 1 is 1.35 bits per heavy atom. The predicted octanol–water partition coefficient (Wildman–Crippen LogP) is 2.81. The summed E-state index contributed by atoms with van der Waals surface area (Å²) in [7, 11) is 0. The number of amides is 1. The third-order valence-corrected chi connectivity index (χ3v) is 4.22. The number of carbonyl (C=O) groups excluding carboxylic acids is 1. The summed E-state index contributed by atoms with van der Waals surface area (Å²) in [6, 6.07) is 4.49. The highest BCUT2D eigenvalue weighted by Gasteiger charge is 2.25. The number of halogens is 1. The minimum atomic E-state index is -0.473. The van der Waals surface area contributed by atoms with Gasteiger partial charge in [-0.15, -0.1) is 0 Å². The van der Waals surface area contributed by atoms with Crippen molar-refractivity contribution in [3.8, 4) is 0 Å². The molecule has 0 unspecified atom stereocenters. The van der Waals surface area contributed by atoms with Crippen molar-refractivity contribution in [2.45, 2.75) is 31.7 Å². The van der Waals surface area contributed by atoms with Crippen LogP contribution >= 0.6 is 15.9 Å². The molecule has 0 aliphatic heterocycles. The topological polar surface area (TPSA) is 98.3 Å². The summed E-state index contributed by atoms with van der Waals surface area (Å²) in [5.41, 5.74) is 6.35. The third kappa shape index (κ3) is 3.55. The number of nitro groups is 1.